The second-order valence-electron chi connectivity index (χ2n) is 2.42. The molecule has 1 aromatic carbocycles. The summed E-state index contributed by atoms with van der Waals surface area (Å²) < 4.78 is 11.5. The number of rotatable bonds is 1. The summed E-state index contributed by atoms with van der Waals surface area (Å²) in [5.41, 5.74) is 0.957. The van der Waals surface area contributed by atoms with E-state index in [2.05, 4.69) is 4.98 Å². The largest absolute Gasteiger partial charge is 0.265 e. The Hall–Kier alpha value is -0.840. The van der Waals surface area contributed by atoms with E-state index in [0.717, 1.165) is 14.5 Å². The van der Waals surface area contributed by atoms with Gasteiger partial charge < -0.3 is 0 Å². The Kier molecular flexibility index (Phi) is 2.12. The maximum absolute atomic E-state index is 10.6. The maximum atomic E-state index is 10.6. The van der Waals surface area contributed by atoms with E-state index in [4.69, 9.17) is 0 Å². The third-order valence-electron chi connectivity index (χ3n) is 1.65. The van der Waals surface area contributed by atoms with Crippen molar-refractivity contribution in [2.45, 2.75) is 0 Å². The lowest BCUT2D eigenvalue weighted by Crippen LogP contribution is -1.79. The molecule has 0 aliphatic heterocycles. The third kappa shape index (κ3) is 1.36. The van der Waals surface area contributed by atoms with Gasteiger partial charge in [-0.25, -0.2) is 0 Å². The average molecular weight is 271 g/mol. The minimum absolute atomic E-state index is 0.854. The molecule has 0 spiro atoms. The van der Waals surface area contributed by atoms with Crippen LogP contribution < -0.4 is 0 Å². The van der Waals surface area contributed by atoms with Gasteiger partial charge in [0.2, 0.25) is 0 Å². The predicted octanol–water partition coefficient (Wildman–Crippen LogP) is 2.72. The summed E-state index contributed by atoms with van der Waals surface area (Å²) in [7, 11) is 0. The van der Waals surface area contributed by atoms with Gasteiger partial charge in [0.05, 0.1) is 9.09 Å². The predicted molar refractivity (Wildman–Crippen MR) is 55.1 cm³/mol. The Morgan fingerprint density at radius 1 is 1.25 bits per heavy atom. The fourth-order valence-electron chi connectivity index (χ4n) is 1.09. The van der Waals surface area contributed by atoms with Crippen LogP contribution in [0.3, 0.4) is 0 Å². The highest BCUT2D eigenvalue weighted by molar-refractivity contribution is 14.1. The molecule has 2 aromatic rings. The molecule has 0 aliphatic carbocycles. The monoisotopic (exact) mass is 271 g/mol. The normalized spacial score (nSPS) is 10.3. The van der Waals surface area contributed by atoms with Crippen LogP contribution >= 0.6 is 21.2 Å². The molecule has 0 unspecified atom stereocenters. The summed E-state index contributed by atoms with van der Waals surface area (Å²) in [6.07, 6.45) is 1.68. The molecule has 2 rings (SSSR count). The van der Waals surface area contributed by atoms with E-state index >= 15 is 0 Å². The first-order valence-corrected chi connectivity index (χ1v) is 5.48. The van der Waals surface area contributed by atoms with Crippen molar-refractivity contribution in [1.29, 1.82) is 0 Å². The minimum Gasteiger partial charge on any atom is -0.265 e. The Morgan fingerprint density at radius 3 is 2.92 bits per heavy atom. The first kappa shape index (κ1) is 7.79. The van der Waals surface area contributed by atoms with Crippen molar-refractivity contribution in [2.75, 3.05) is 0 Å². The number of para-hydroxylation sites is 1. The summed E-state index contributed by atoms with van der Waals surface area (Å²) >= 11 is -1.08. The number of fused-ring (bicyclic) bond motifs is 1. The summed E-state index contributed by atoms with van der Waals surface area (Å²) in [4.78, 5) is 4.18. The van der Waals surface area contributed by atoms with E-state index in [9.17, 15) is 3.07 Å². The maximum Gasteiger partial charge on any atom is 0.183 e. The van der Waals surface area contributed by atoms with Gasteiger partial charge in [0.15, 0.2) is 21.2 Å². The van der Waals surface area contributed by atoms with Crippen molar-refractivity contribution in [3.8, 4) is 0 Å². The van der Waals surface area contributed by atoms with Gasteiger partial charge >= 0.3 is 0 Å². The standard InChI is InChI=1S/C9H6INO/c12-10-8-5-7-3-1-2-4-9(7)11-6-8/h1-6H. The van der Waals surface area contributed by atoms with Crippen molar-refractivity contribution in [1.82, 2.24) is 4.98 Å². The molecule has 0 atom stereocenters. The molecule has 0 saturated heterocycles. The number of aromatic nitrogens is 1. The van der Waals surface area contributed by atoms with Crippen molar-refractivity contribution >= 4 is 32.1 Å². The smallest absolute Gasteiger partial charge is 0.183 e. The molecule has 0 fully saturated rings. The Labute approximate surface area is 80.3 Å². The molecule has 1 aromatic heterocycles. The van der Waals surface area contributed by atoms with Gasteiger partial charge in [0.1, 0.15) is 0 Å². The van der Waals surface area contributed by atoms with Crippen LogP contribution in [0.2, 0.25) is 0 Å². The van der Waals surface area contributed by atoms with Crippen LogP contribution in [0.15, 0.2) is 36.5 Å². The van der Waals surface area contributed by atoms with Crippen LogP contribution in [-0.2, 0) is 3.07 Å². The van der Waals surface area contributed by atoms with E-state index in [1.54, 1.807) is 6.20 Å². The van der Waals surface area contributed by atoms with Crippen LogP contribution in [0.25, 0.3) is 10.9 Å². The zero-order chi connectivity index (χ0) is 8.39. The van der Waals surface area contributed by atoms with Crippen LogP contribution in [0.4, 0.5) is 0 Å². The average Bonchev–Trinajstić information content (AvgIpc) is 2.17. The van der Waals surface area contributed by atoms with Crippen LogP contribution in [-0.4, -0.2) is 4.98 Å². The van der Waals surface area contributed by atoms with Crippen molar-refractivity contribution in [3.63, 3.8) is 0 Å². The molecular weight excluding hydrogens is 265 g/mol. The topological polar surface area (TPSA) is 30.0 Å². The number of nitrogens with zero attached hydrogens (tertiary/aromatic N) is 1. The van der Waals surface area contributed by atoms with E-state index in [1.807, 2.05) is 30.3 Å². The van der Waals surface area contributed by atoms with Gasteiger partial charge in [-0.3, -0.25) is 8.05 Å². The molecule has 12 heavy (non-hydrogen) atoms. The van der Waals surface area contributed by atoms with Crippen molar-refractivity contribution in [3.05, 3.63) is 40.1 Å². The number of hydrogen-bond acceptors (Lipinski definition) is 2. The highest BCUT2D eigenvalue weighted by Gasteiger charge is 1.95. The first-order chi connectivity index (χ1) is 5.90. The Balaban J connectivity index is 2.75. The van der Waals surface area contributed by atoms with Crippen molar-refractivity contribution in [2.24, 2.45) is 0 Å². The summed E-state index contributed by atoms with van der Waals surface area (Å²) in [6.45, 7) is 0. The summed E-state index contributed by atoms with van der Waals surface area (Å²) in [5, 5.41) is 1.06. The lowest BCUT2D eigenvalue weighted by atomic mass is 10.2. The number of halogens is 1. The first-order valence-electron chi connectivity index (χ1n) is 3.52. The second-order valence-corrected chi connectivity index (χ2v) is 4.11. The zero-order valence-electron chi connectivity index (χ0n) is 6.20. The molecule has 2 nitrogen and oxygen atoms in total. The van der Waals surface area contributed by atoms with Gasteiger partial charge in [-0.15, -0.1) is 0 Å². The van der Waals surface area contributed by atoms with Crippen LogP contribution in [0, 0.1) is 3.57 Å². The highest BCUT2D eigenvalue weighted by atomic mass is 127. The van der Waals surface area contributed by atoms with Crippen LogP contribution in [0.1, 0.15) is 0 Å². The number of benzene rings is 1. The second kappa shape index (κ2) is 3.26. The summed E-state index contributed by atoms with van der Waals surface area (Å²) in [6, 6.07) is 9.76. The number of hydrogen-bond donors (Lipinski definition) is 0. The highest BCUT2D eigenvalue weighted by Crippen LogP contribution is 2.15. The van der Waals surface area contributed by atoms with Gasteiger partial charge in [0.25, 0.3) is 0 Å². The van der Waals surface area contributed by atoms with Gasteiger partial charge in [-0.05, 0) is 12.1 Å². The van der Waals surface area contributed by atoms with Gasteiger partial charge in [0, 0.05) is 11.6 Å². The quantitative estimate of drug-likeness (QED) is 0.746. The Bertz CT molecular complexity index is 428. The van der Waals surface area contributed by atoms with Crippen LogP contribution in [0.5, 0.6) is 0 Å². The fourth-order valence-corrected chi connectivity index (χ4v) is 1.80. The van der Waals surface area contributed by atoms with E-state index in [1.165, 1.54) is 0 Å². The zero-order valence-corrected chi connectivity index (χ0v) is 8.36. The molecular formula is C9H6INO. The molecule has 0 saturated carbocycles. The third-order valence-corrected chi connectivity index (χ3v) is 2.74. The van der Waals surface area contributed by atoms with Crippen molar-refractivity contribution < 1.29 is 3.07 Å². The van der Waals surface area contributed by atoms with E-state index in [0.29, 0.717) is 0 Å². The molecule has 0 bridgehead atoms. The minimum atomic E-state index is -1.08. The van der Waals surface area contributed by atoms with E-state index < -0.39 is 21.2 Å². The Morgan fingerprint density at radius 2 is 2.08 bits per heavy atom. The van der Waals surface area contributed by atoms with Gasteiger partial charge in [-0.1, -0.05) is 18.2 Å². The lowest BCUT2D eigenvalue weighted by molar-refractivity contribution is 0.648. The molecule has 0 aliphatic rings. The summed E-state index contributed by atoms with van der Waals surface area (Å²) in [5.74, 6) is 0. The van der Waals surface area contributed by atoms with E-state index in [-0.39, 0.29) is 0 Å². The number of pyridine rings is 1. The lowest BCUT2D eigenvalue weighted by Gasteiger charge is -1.94. The molecule has 60 valence electrons. The molecule has 0 N–H and O–H groups in total. The van der Waals surface area contributed by atoms with Gasteiger partial charge in [-0.2, -0.15) is 0 Å². The SMILES string of the molecule is O=Ic1cnc2ccccc2c1. The fraction of sp³-hybridized carbons (Fsp3) is 0. The molecule has 3 heteroatoms. The molecule has 1 heterocycles. The molecule has 0 radical (unpaired) electrons. The molecule has 0 amide bonds.